The van der Waals surface area contributed by atoms with Gasteiger partial charge in [0.05, 0.1) is 12.7 Å². The molecular weight excluding hydrogens is 513 g/mol. The first-order valence-corrected chi connectivity index (χ1v) is 15.8. The molecule has 1 rings (SSSR count). The van der Waals surface area contributed by atoms with E-state index in [9.17, 15) is 19.0 Å². The van der Waals surface area contributed by atoms with Crippen molar-refractivity contribution in [1.82, 2.24) is 0 Å². The minimum atomic E-state index is -4.55. The minimum Gasteiger partial charge on any atom is -0.480 e. The Labute approximate surface area is 228 Å². The molecule has 1 unspecified atom stereocenters. The molecular formula is C27H50NO9P. The topological polar surface area (TPSA) is 155 Å². The first kappa shape index (κ1) is 34.7. The van der Waals surface area contributed by atoms with E-state index in [1.165, 1.54) is 51.4 Å². The number of carboxylic acid groups (broad SMARTS) is 1. The van der Waals surface area contributed by atoms with Gasteiger partial charge in [0.15, 0.2) is 0 Å². The van der Waals surface area contributed by atoms with E-state index in [4.69, 9.17) is 24.8 Å². The Morgan fingerprint density at radius 2 is 1.63 bits per heavy atom. The molecule has 11 heteroatoms. The molecule has 0 bridgehead atoms. The predicted octanol–water partition coefficient (Wildman–Crippen LogP) is 5.66. The van der Waals surface area contributed by atoms with Crippen molar-refractivity contribution < 1.29 is 42.7 Å². The molecule has 1 fully saturated rings. The number of phosphoric acid groups is 1. The molecule has 0 aromatic carbocycles. The largest absolute Gasteiger partial charge is 0.480 e. The fraction of sp³-hybridized carbons (Fsp3) is 0.852. The number of phosphoric ester groups is 1. The zero-order valence-electron chi connectivity index (χ0n) is 23.1. The summed E-state index contributed by atoms with van der Waals surface area (Å²) in [5, 5.41) is 8.76. The van der Waals surface area contributed by atoms with Crippen LogP contribution in [0, 0.1) is 0 Å². The van der Waals surface area contributed by atoms with Gasteiger partial charge in [0, 0.05) is 13.0 Å². The smallest absolute Gasteiger partial charge is 0.472 e. The number of carbonyl (C=O) groups is 2. The van der Waals surface area contributed by atoms with E-state index in [0.717, 1.165) is 32.1 Å². The lowest BCUT2D eigenvalue weighted by molar-refractivity contribution is -0.154. The van der Waals surface area contributed by atoms with Crippen molar-refractivity contribution in [1.29, 1.82) is 0 Å². The molecule has 4 atom stereocenters. The van der Waals surface area contributed by atoms with Gasteiger partial charge in [-0.1, -0.05) is 70.4 Å². The van der Waals surface area contributed by atoms with Gasteiger partial charge >= 0.3 is 19.8 Å². The van der Waals surface area contributed by atoms with Crippen LogP contribution in [-0.4, -0.2) is 60.0 Å². The number of aliphatic carboxylic acids is 1. The molecule has 4 N–H and O–H groups in total. The van der Waals surface area contributed by atoms with Crippen LogP contribution in [0.15, 0.2) is 12.2 Å². The van der Waals surface area contributed by atoms with E-state index in [2.05, 4.69) is 23.6 Å². The van der Waals surface area contributed by atoms with Gasteiger partial charge in [0.25, 0.3) is 0 Å². The molecule has 10 nitrogen and oxygen atoms in total. The van der Waals surface area contributed by atoms with Crippen molar-refractivity contribution in [2.45, 2.75) is 128 Å². The maximum Gasteiger partial charge on any atom is 0.472 e. The number of carbonyl (C=O) groups excluding carboxylic acids is 1. The van der Waals surface area contributed by atoms with E-state index in [0.29, 0.717) is 25.9 Å². The van der Waals surface area contributed by atoms with Gasteiger partial charge in [-0.2, -0.15) is 0 Å². The van der Waals surface area contributed by atoms with Crippen molar-refractivity contribution in [3.05, 3.63) is 12.2 Å². The normalized spacial score (nSPS) is 20.3. The van der Waals surface area contributed by atoms with Crippen LogP contribution in [0.5, 0.6) is 0 Å². The van der Waals surface area contributed by atoms with Crippen molar-refractivity contribution in [2.75, 3.05) is 19.8 Å². The monoisotopic (exact) mass is 563 g/mol. The Balaban J connectivity index is 2.11. The molecule has 0 saturated carbocycles. The lowest BCUT2D eigenvalue weighted by atomic mass is 10.1. The molecule has 0 aromatic heterocycles. The first-order chi connectivity index (χ1) is 18.2. The summed E-state index contributed by atoms with van der Waals surface area (Å²) < 4.78 is 32.9. The maximum atomic E-state index is 12.2. The molecule has 0 amide bonds. The maximum absolute atomic E-state index is 12.2. The van der Waals surface area contributed by atoms with Crippen LogP contribution in [0.4, 0.5) is 0 Å². The third-order valence-electron chi connectivity index (χ3n) is 6.43. The van der Waals surface area contributed by atoms with Crippen LogP contribution < -0.4 is 5.73 Å². The summed E-state index contributed by atoms with van der Waals surface area (Å²) in [6, 6.07) is -1.45. The molecule has 1 heterocycles. The van der Waals surface area contributed by atoms with Gasteiger partial charge in [-0.3, -0.25) is 18.6 Å². The highest BCUT2D eigenvalue weighted by atomic mass is 31.2. The molecule has 222 valence electrons. The van der Waals surface area contributed by atoms with Gasteiger partial charge in [0.2, 0.25) is 0 Å². The molecule has 0 spiro atoms. The van der Waals surface area contributed by atoms with Crippen LogP contribution in [0.2, 0.25) is 0 Å². The summed E-state index contributed by atoms with van der Waals surface area (Å²) in [5.74, 6) is -1.70. The van der Waals surface area contributed by atoms with Crippen LogP contribution in [0.1, 0.15) is 110 Å². The molecule has 0 aliphatic carbocycles. The Kier molecular flexibility index (Phi) is 19.7. The molecule has 0 aromatic rings. The number of esters is 1. The second-order valence-electron chi connectivity index (χ2n) is 9.92. The lowest BCUT2D eigenvalue weighted by Gasteiger charge is -2.32. The van der Waals surface area contributed by atoms with Crippen molar-refractivity contribution >= 4 is 19.8 Å². The van der Waals surface area contributed by atoms with E-state index >= 15 is 0 Å². The van der Waals surface area contributed by atoms with E-state index in [1.54, 1.807) is 0 Å². The summed E-state index contributed by atoms with van der Waals surface area (Å²) in [4.78, 5) is 32.8. The summed E-state index contributed by atoms with van der Waals surface area (Å²) in [5.41, 5.74) is 5.28. The Bertz CT molecular complexity index is 719. The van der Waals surface area contributed by atoms with Crippen molar-refractivity contribution in [2.24, 2.45) is 5.73 Å². The van der Waals surface area contributed by atoms with E-state index in [-0.39, 0.29) is 12.6 Å². The van der Waals surface area contributed by atoms with Gasteiger partial charge < -0.3 is 25.2 Å². The number of hydrogen-bond donors (Lipinski definition) is 3. The molecule has 1 saturated heterocycles. The van der Waals surface area contributed by atoms with Gasteiger partial charge in [-0.15, -0.1) is 0 Å². The third kappa shape index (κ3) is 18.1. The Morgan fingerprint density at radius 3 is 2.26 bits per heavy atom. The third-order valence-corrected chi connectivity index (χ3v) is 7.45. The predicted molar refractivity (Wildman–Crippen MR) is 146 cm³/mol. The summed E-state index contributed by atoms with van der Waals surface area (Å²) in [6.07, 6.45) is 19.8. The average molecular weight is 564 g/mol. The number of nitrogens with two attached hydrogens (primary N) is 1. The van der Waals surface area contributed by atoms with Crippen LogP contribution >= 0.6 is 7.82 Å². The zero-order chi connectivity index (χ0) is 28.1. The number of hydrogen-bond acceptors (Lipinski definition) is 8. The summed E-state index contributed by atoms with van der Waals surface area (Å²) >= 11 is 0. The highest BCUT2D eigenvalue weighted by Gasteiger charge is 2.36. The quantitative estimate of drug-likeness (QED) is 0.0614. The second kappa shape index (κ2) is 21.5. The Hall–Kier alpha value is -1.29. The van der Waals surface area contributed by atoms with Crippen molar-refractivity contribution in [3.8, 4) is 0 Å². The molecule has 1 aliphatic rings. The summed E-state index contributed by atoms with van der Waals surface area (Å²) in [6.45, 7) is 1.89. The number of unbranched alkanes of at least 4 members (excludes halogenated alkanes) is 11. The van der Waals surface area contributed by atoms with Gasteiger partial charge in [-0.25, -0.2) is 4.57 Å². The standard InChI is InChI=1S/C27H50NO9P/c1-2-3-4-5-6-7-8-9-10-11-12-13-14-15-16-19-26(29)35-22-25-24(18-17-20-34-25)37-38(32,33)36-21-23(28)27(30)31/h9-10,23-25H,2-8,11-22,28H2,1H3,(H,30,31)(H,32,33)/b10-9-/t23-,24+,25+/m1/s1. The minimum absolute atomic E-state index is 0.0940. The van der Waals surface area contributed by atoms with Crippen LogP contribution in [0.3, 0.4) is 0 Å². The highest BCUT2D eigenvalue weighted by Crippen LogP contribution is 2.46. The van der Waals surface area contributed by atoms with Gasteiger partial charge in [0.1, 0.15) is 18.8 Å². The summed E-state index contributed by atoms with van der Waals surface area (Å²) in [7, 11) is -4.55. The van der Waals surface area contributed by atoms with Crippen molar-refractivity contribution in [3.63, 3.8) is 0 Å². The van der Waals surface area contributed by atoms with Gasteiger partial charge in [-0.05, 0) is 44.9 Å². The Morgan fingerprint density at radius 1 is 1.03 bits per heavy atom. The van der Waals surface area contributed by atoms with E-state index in [1.807, 2.05) is 0 Å². The molecule has 1 aliphatic heterocycles. The number of ether oxygens (including phenoxy) is 2. The van der Waals surface area contributed by atoms with Crippen LogP contribution in [0.25, 0.3) is 0 Å². The molecule has 0 radical (unpaired) electrons. The van der Waals surface area contributed by atoms with E-state index < -0.39 is 38.6 Å². The second-order valence-corrected chi connectivity index (χ2v) is 11.3. The lowest BCUT2D eigenvalue weighted by Crippen LogP contribution is -2.40. The number of rotatable bonds is 23. The highest BCUT2D eigenvalue weighted by molar-refractivity contribution is 7.47. The zero-order valence-corrected chi connectivity index (χ0v) is 24.0. The average Bonchev–Trinajstić information content (AvgIpc) is 2.88. The number of carboxylic acids is 1. The fourth-order valence-corrected chi connectivity index (χ4v) is 5.12. The van der Waals surface area contributed by atoms with Crippen LogP contribution in [-0.2, 0) is 32.7 Å². The molecule has 38 heavy (non-hydrogen) atoms. The SMILES string of the molecule is CCCCCCCC/C=C\CCCCCCCC(=O)OC[C@@H]1OCCC[C@@H]1OP(=O)(O)OC[C@@H](N)C(=O)O. The fourth-order valence-electron chi connectivity index (χ4n) is 4.12. The number of allylic oxidation sites excluding steroid dienone is 2. The first-order valence-electron chi connectivity index (χ1n) is 14.3.